The van der Waals surface area contributed by atoms with Crippen LogP contribution >= 0.6 is 0 Å². The number of nitrogens with zero attached hydrogens (tertiary/aromatic N) is 2. The van der Waals surface area contributed by atoms with E-state index in [1.165, 1.54) is 89.8 Å². The number of hydrogen-bond donors (Lipinski definition) is 1. The molecule has 3 nitrogen and oxygen atoms in total. The molecule has 140 valence electrons. The van der Waals surface area contributed by atoms with E-state index in [4.69, 9.17) is 0 Å². The van der Waals surface area contributed by atoms with Crippen LogP contribution < -0.4 is 5.32 Å². The van der Waals surface area contributed by atoms with Gasteiger partial charge in [-0.1, -0.05) is 43.7 Å². The van der Waals surface area contributed by atoms with Crippen molar-refractivity contribution in [1.29, 1.82) is 0 Å². The molecule has 0 unspecified atom stereocenters. The van der Waals surface area contributed by atoms with Gasteiger partial charge < -0.3 is 15.1 Å². The molecule has 3 rings (SSSR count). The van der Waals surface area contributed by atoms with Crippen molar-refractivity contribution in [2.75, 3.05) is 39.3 Å². The SMILES string of the molecule is CCCCN1CCC(NC2CCN(CCc3ccccc3)CC2)CC1. The molecule has 2 fully saturated rings. The lowest BCUT2D eigenvalue weighted by atomic mass is 9.99. The van der Waals surface area contributed by atoms with Gasteiger partial charge in [0.25, 0.3) is 0 Å². The van der Waals surface area contributed by atoms with Gasteiger partial charge in [0, 0.05) is 18.6 Å². The maximum atomic E-state index is 3.98. The summed E-state index contributed by atoms with van der Waals surface area (Å²) in [6.07, 6.45) is 9.21. The predicted octanol–water partition coefficient (Wildman–Crippen LogP) is 3.55. The minimum atomic E-state index is 0.750. The Morgan fingerprint density at radius 1 is 0.840 bits per heavy atom. The standard InChI is InChI=1S/C22H37N3/c1-2-3-14-24-16-10-21(11-17-24)23-22-12-18-25(19-13-22)15-9-20-7-5-4-6-8-20/h4-8,21-23H,2-3,9-19H2,1H3. The molecule has 0 atom stereocenters. The normalized spacial score (nSPS) is 21.6. The molecule has 0 aromatic heterocycles. The summed E-state index contributed by atoms with van der Waals surface area (Å²) in [5.41, 5.74) is 1.47. The van der Waals surface area contributed by atoms with Gasteiger partial charge in [-0.25, -0.2) is 0 Å². The zero-order valence-electron chi connectivity index (χ0n) is 16.1. The first-order chi connectivity index (χ1) is 12.3. The fourth-order valence-corrected chi connectivity index (χ4v) is 4.29. The molecule has 0 bridgehead atoms. The minimum Gasteiger partial charge on any atom is -0.311 e. The highest BCUT2D eigenvalue weighted by Gasteiger charge is 2.24. The molecule has 2 aliphatic heterocycles. The smallest absolute Gasteiger partial charge is 0.00940 e. The van der Waals surface area contributed by atoms with Gasteiger partial charge in [-0.3, -0.25) is 0 Å². The van der Waals surface area contributed by atoms with Crippen LogP contribution in [0.25, 0.3) is 0 Å². The fraction of sp³-hybridized carbons (Fsp3) is 0.727. The topological polar surface area (TPSA) is 18.5 Å². The number of unbranched alkanes of at least 4 members (excludes halogenated alkanes) is 1. The predicted molar refractivity (Wildman–Crippen MR) is 107 cm³/mol. The molecule has 1 N–H and O–H groups in total. The van der Waals surface area contributed by atoms with Crippen molar-refractivity contribution in [2.45, 2.75) is 64.0 Å². The van der Waals surface area contributed by atoms with E-state index < -0.39 is 0 Å². The molecule has 2 heterocycles. The second-order valence-electron chi connectivity index (χ2n) is 7.99. The van der Waals surface area contributed by atoms with Crippen LogP contribution in [0.3, 0.4) is 0 Å². The van der Waals surface area contributed by atoms with Crippen LogP contribution in [0, 0.1) is 0 Å². The number of nitrogens with one attached hydrogen (secondary N) is 1. The maximum absolute atomic E-state index is 3.98. The first kappa shape index (κ1) is 18.9. The lowest BCUT2D eigenvalue weighted by Gasteiger charge is -2.38. The molecule has 25 heavy (non-hydrogen) atoms. The molecule has 3 heteroatoms. The molecule has 0 aliphatic carbocycles. The highest BCUT2D eigenvalue weighted by atomic mass is 15.2. The molecular formula is C22H37N3. The van der Waals surface area contributed by atoms with Crippen LogP contribution in [0.2, 0.25) is 0 Å². The Labute approximate surface area is 154 Å². The van der Waals surface area contributed by atoms with Gasteiger partial charge in [-0.05, 0) is 76.8 Å². The van der Waals surface area contributed by atoms with Crippen molar-refractivity contribution in [3.8, 4) is 0 Å². The first-order valence-corrected chi connectivity index (χ1v) is 10.6. The van der Waals surface area contributed by atoms with E-state index in [0.29, 0.717) is 0 Å². The molecule has 0 radical (unpaired) electrons. The summed E-state index contributed by atoms with van der Waals surface area (Å²) in [4.78, 5) is 5.31. The van der Waals surface area contributed by atoms with Gasteiger partial charge in [0.2, 0.25) is 0 Å². The van der Waals surface area contributed by atoms with Crippen molar-refractivity contribution >= 4 is 0 Å². The summed E-state index contributed by atoms with van der Waals surface area (Å²) in [6, 6.07) is 12.4. The van der Waals surface area contributed by atoms with Gasteiger partial charge >= 0.3 is 0 Å². The van der Waals surface area contributed by atoms with Crippen molar-refractivity contribution in [3.05, 3.63) is 35.9 Å². The lowest BCUT2D eigenvalue weighted by molar-refractivity contribution is 0.159. The van der Waals surface area contributed by atoms with E-state index in [1.807, 2.05) is 0 Å². The van der Waals surface area contributed by atoms with Gasteiger partial charge in [0.1, 0.15) is 0 Å². The minimum absolute atomic E-state index is 0.750. The van der Waals surface area contributed by atoms with Crippen molar-refractivity contribution in [2.24, 2.45) is 0 Å². The van der Waals surface area contributed by atoms with Crippen molar-refractivity contribution in [1.82, 2.24) is 15.1 Å². The third kappa shape index (κ3) is 6.40. The zero-order chi connectivity index (χ0) is 17.3. The monoisotopic (exact) mass is 343 g/mol. The molecule has 1 aromatic rings. The third-order valence-electron chi connectivity index (χ3n) is 6.03. The Hall–Kier alpha value is -0.900. The second kappa shape index (κ2) is 10.3. The maximum Gasteiger partial charge on any atom is 0.00940 e. The third-order valence-corrected chi connectivity index (χ3v) is 6.03. The van der Waals surface area contributed by atoms with E-state index in [-0.39, 0.29) is 0 Å². The summed E-state index contributed by atoms with van der Waals surface area (Å²) < 4.78 is 0. The number of rotatable bonds is 8. The van der Waals surface area contributed by atoms with E-state index in [9.17, 15) is 0 Å². The van der Waals surface area contributed by atoms with Crippen LogP contribution in [0.4, 0.5) is 0 Å². The van der Waals surface area contributed by atoms with Crippen LogP contribution in [0.1, 0.15) is 51.0 Å². The Morgan fingerprint density at radius 3 is 1.96 bits per heavy atom. The fourth-order valence-electron chi connectivity index (χ4n) is 4.29. The molecular weight excluding hydrogens is 306 g/mol. The number of piperidine rings is 2. The van der Waals surface area contributed by atoms with E-state index in [2.05, 4.69) is 52.4 Å². The van der Waals surface area contributed by atoms with Crippen LogP contribution in [-0.4, -0.2) is 61.2 Å². The number of likely N-dealkylation sites (tertiary alicyclic amines) is 2. The average molecular weight is 344 g/mol. The highest BCUT2D eigenvalue weighted by molar-refractivity contribution is 5.14. The number of hydrogen-bond acceptors (Lipinski definition) is 3. The van der Waals surface area contributed by atoms with Crippen LogP contribution in [0.15, 0.2) is 30.3 Å². The molecule has 0 amide bonds. The van der Waals surface area contributed by atoms with Gasteiger partial charge in [0.05, 0.1) is 0 Å². The second-order valence-corrected chi connectivity index (χ2v) is 7.99. The highest BCUT2D eigenvalue weighted by Crippen LogP contribution is 2.16. The molecule has 1 aromatic carbocycles. The molecule has 0 spiro atoms. The average Bonchev–Trinajstić information content (AvgIpc) is 2.68. The van der Waals surface area contributed by atoms with Gasteiger partial charge in [0.15, 0.2) is 0 Å². The largest absolute Gasteiger partial charge is 0.311 e. The van der Waals surface area contributed by atoms with Gasteiger partial charge in [-0.2, -0.15) is 0 Å². The Bertz CT molecular complexity index is 459. The molecule has 2 aliphatic rings. The van der Waals surface area contributed by atoms with Crippen molar-refractivity contribution < 1.29 is 0 Å². The van der Waals surface area contributed by atoms with E-state index >= 15 is 0 Å². The Balaban J connectivity index is 1.29. The zero-order valence-corrected chi connectivity index (χ0v) is 16.1. The Morgan fingerprint density at radius 2 is 1.40 bits per heavy atom. The summed E-state index contributed by atoms with van der Waals surface area (Å²) >= 11 is 0. The Kier molecular flexibility index (Phi) is 7.78. The summed E-state index contributed by atoms with van der Waals surface area (Å²) in [7, 11) is 0. The lowest BCUT2D eigenvalue weighted by Crippen LogP contribution is -2.50. The van der Waals surface area contributed by atoms with Crippen LogP contribution in [0.5, 0.6) is 0 Å². The summed E-state index contributed by atoms with van der Waals surface area (Å²) in [5.74, 6) is 0. The van der Waals surface area contributed by atoms with Crippen LogP contribution in [-0.2, 0) is 6.42 Å². The first-order valence-electron chi connectivity index (χ1n) is 10.6. The van der Waals surface area contributed by atoms with Crippen molar-refractivity contribution in [3.63, 3.8) is 0 Å². The molecule has 2 saturated heterocycles. The van der Waals surface area contributed by atoms with E-state index in [0.717, 1.165) is 12.1 Å². The summed E-state index contributed by atoms with van der Waals surface area (Å²) in [6.45, 7) is 9.94. The summed E-state index contributed by atoms with van der Waals surface area (Å²) in [5, 5.41) is 3.98. The number of benzene rings is 1. The van der Waals surface area contributed by atoms with E-state index in [1.54, 1.807) is 0 Å². The van der Waals surface area contributed by atoms with Gasteiger partial charge in [-0.15, -0.1) is 0 Å². The molecule has 0 saturated carbocycles. The quantitative estimate of drug-likeness (QED) is 0.779.